The van der Waals surface area contributed by atoms with Crippen LogP contribution in [0.5, 0.6) is 0 Å². The van der Waals surface area contributed by atoms with E-state index in [-0.39, 0.29) is 35.8 Å². The Kier molecular flexibility index (Phi) is 3.39. The van der Waals surface area contributed by atoms with E-state index in [1.807, 2.05) is 4.90 Å². The van der Waals surface area contributed by atoms with Gasteiger partial charge < -0.3 is 10.6 Å². The zero-order chi connectivity index (χ0) is 9.57. The average Bonchev–Trinajstić information content (AvgIpc) is 1.99. The van der Waals surface area contributed by atoms with Gasteiger partial charge in [-0.3, -0.25) is 4.79 Å². The van der Waals surface area contributed by atoms with E-state index in [4.69, 9.17) is 5.73 Å². The number of carbonyl (C=O) groups excluding carboxylic acids is 1. The number of amides is 1. The van der Waals surface area contributed by atoms with Gasteiger partial charge in [0.05, 0.1) is 6.54 Å². The fourth-order valence-electron chi connectivity index (χ4n) is 1.57. The molecule has 1 rings (SSSR count). The molecule has 0 aromatic heterocycles. The lowest BCUT2D eigenvalue weighted by Crippen LogP contribution is -2.71. The highest BCUT2D eigenvalue weighted by molar-refractivity contribution is 5.85. The topological polar surface area (TPSA) is 46.3 Å². The van der Waals surface area contributed by atoms with Gasteiger partial charge in [0.2, 0.25) is 5.91 Å². The van der Waals surface area contributed by atoms with Crippen molar-refractivity contribution in [3.8, 4) is 0 Å². The molecule has 0 saturated carbocycles. The van der Waals surface area contributed by atoms with Crippen LogP contribution in [0.2, 0.25) is 0 Å². The fourth-order valence-corrected chi connectivity index (χ4v) is 1.57. The van der Waals surface area contributed by atoms with Crippen molar-refractivity contribution in [2.75, 3.05) is 13.1 Å². The lowest BCUT2D eigenvalue weighted by Gasteiger charge is -2.61. The molecule has 13 heavy (non-hydrogen) atoms. The predicted octanol–water partition coefficient (Wildman–Crippen LogP) is 1.01. The van der Waals surface area contributed by atoms with E-state index in [0.29, 0.717) is 0 Å². The van der Waals surface area contributed by atoms with Crippen LogP contribution in [0.3, 0.4) is 0 Å². The van der Waals surface area contributed by atoms with Gasteiger partial charge in [-0.15, -0.1) is 12.4 Å². The van der Waals surface area contributed by atoms with Crippen LogP contribution < -0.4 is 5.73 Å². The number of hydrogen-bond acceptors (Lipinski definition) is 2. The molecule has 0 bridgehead atoms. The summed E-state index contributed by atoms with van der Waals surface area (Å²) in [5.41, 5.74) is 5.48. The number of likely N-dealkylation sites (tertiary alicyclic amines) is 1. The van der Waals surface area contributed by atoms with E-state index in [0.717, 1.165) is 6.54 Å². The van der Waals surface area contributed by atoms with Crippen molar-refractivity contribution in [2.45, 2.75) is 33.2 Å². The highest BCUT2D eigenvalue weighted by atomic mass is 35.5. The molecule has 1 aliphatic heterocycles. The molecule has 1 saturated heterocycles. The van der Waals surface area contributed by atoms with Gasteiger partial charge in [0.15, 0.2) is 0 Å². The maximum absolute atomic E-state index is 11.3. The summed E-state index contributed by atoms with van der Waals surface area (Å²) in [6.45, 7) is 9.48. The van der Waals surface area contributed by atoms with Crippen molar-refractivity contribution >= 4 is 18.3 Å². The Morgan fingerprint density at radius 3 is 2.08 bits per heavy atom. The number of nitrogens with zero attached hydrogens (tertiary/aromatic N) is 1. The van der Waals surface area contributed by atoms with E-state index < -0.39 is 0 Å². The van der Waals surface area contributed by atoms with Crippen LogP contribution in [0.1, 0.15) is 27.7 Å². The molecular weight excluding hydrogens is 188 g/mol. The number of carbonyl (C=O) groups is 1. The summed E-state index contributed by atoms with van der Waals surface area (Å²) in [5.74, 6) is 0.0549. The zero-order valence-corrected chi connectivity index (χ0v) is 9.57. The SMILES string of the molecule is CC1(C)CN(C(=O)CN)C1(C)C.Cl. The molecule has 0 radical (unpaired) electrons. The molecule has 78 valence electrons. The molecule has 0 unspecified atom stereocenters. The molecule has 1 fully saturated rings. The van der Waals surface area contributed by atoms with Gasteiger partial charge in [-0.25, -0.2) is 0 Å². The Bertz CT molecular complexity index is 214. The molecule has 4 heteroatoms. The number of halogens is 1. The second kappa shape index (κ2) is 3.46. The van der Waals surface area contributed by atoms with Gasteiger partial charge in [0, 0.05) is 17.5 Å². The van der Waals surface area contributed by atoms with Crippen molar-refractivity contribution in [2.24, 2.45) is 11.1 Å². The molecule has 1 amide bonds. The van der Waals surface area contributed by atoms with E-state index >= 15 is 0 Å². The first-order valence-electron chi connectivity index (χ1n) is 4.33. The largest absolute Gasteiger partial charge is 0.335 e. The van der Waals surface area contributed by atoms with Crippen LogP contribution in [0, 0.1) is 5.41 Å². The van der Waals surface area contributed by atoms with Gasteiger partial charge in [0.1, 0.15) is 0 Å². The van der Waals surface area contributed by atoms with Crippen molar-refractivity contribution in [3.63, 3.8) is 0 Å². The third kappa shape index (κ3) is 1.67. The smallest absolute Gasteiger partial charge is 0.236 e. The first kappa shape index (κ1) is 12.7. The highest BCUT2D eigenvalue weighted by Crippen LogP contribution is 2.45. The molecule has 2 N–H and O–H groups in total. The van der Waals surface area contributed by atoms with E-state index in [9.17, 15) is 4.79 Å². The molecule has 1 aliphatic rings. The Morgan fingerprint density at radius 2 is 1.85 bits per heavy atom. The summed E-state index contributed by atoms with van der Waals surface area (Å²) in [7, 11) is 0. The maximum Gasteiger partial charge on any atom is 0.236 e. The van der Waals surface area contributed by atoms with Gasteiger partial charge in [-0.2, -0.15) is 0 Å². The van der Waals surface area contributed by atoms with Crippen LogP contribution in [-0.4, -0.2) is 29.4 Å². The van der Waals surface area contributed by atoms with Crippen molar-refractivity contribution < 1.29 is 4.79 Å². The monoisotopic (exact) mass is 206 g/mol. The molecule has 0 aliphatic carbocycles. The van der Waals surface area contributed by atoms with Crippen molar-refractivity contribution in [3.05, 3.63) is 0 Å². The van der Waals surface area contributed by atoms with Crippen LogP contribution in [0.15, 0.2) is 0 Å². The molecular formula is C9H19ClN2O. The molecule has 0 aromatic carbocycles. The van der Waals surface area contributed by atoms with Crippen LogP contribution in [-0.2, 0) is 4.79 Å². The fraction of sp³-hybridized carbons (Fsp3) is 0.889. The van der Waals surface area contributed by atoms with Crippen LogP contribution >= 0.6 is 12.4 Å². The molecule has 0 spiro atoms. The van der Waals surface area contributed by atoms with Gasteiger partial charge >= 0.3 is 0 Å². The highest BCUT2D eigenvalue weighted by Gasteiger charge is 2.53. The van der Waals surface area contributed by atoms with E-state index in [1.165, 1.54) is 0 Å². The lowest BCUT2D eigenvalue weighted by molar-refractivity contribution is -0.165. The summed E-state index contributed by atoms with van der Waals surface area (Å²) in [4.78, 5) is 13.2. The van der Waals surface area contributed by atoms with Crippen LogP contribution in [0.4, 0.5) is 0 Å². The minimum Gasteiger partial charge on any atom is -0.335 e. The summed E-state index contributed by atoms with van der Waals surface area (Å²) >= 11 is 0. The predicted molar refractivity (Wildman–Crippen MR) is 55.9 cm³/mol. The summed E-state index contributed by atoms with van der Waals surface area (Å²) in [6.07, 6.45) is 0. The first-order valence-corrected chi connectivity index (χ1v) is 4.33. The summed E-state index contributed by atoms with van der Waals surface area (Å²) in [5, 5.41) is 0. The first-order chi connectivity index (χ1) is 5.33. The number of nitrogens with two attached hydrogens (primary N) is 1. The van der Waals surface area contributed by atoms with Crippen LogP contribution in [0.25, 0.3) is 0 Å². The zero-order valence-electron chi connectivity index (χ0n) is 8.76. The summed E-state index contributed by atoms with van der Waals surface area (Å²) < 4.78 is 0. The normalized spacial score (nSPS) is 23.0. The molecule has 0 atom stereocenters. The maximum atomic E-state index is 11.3. The standard InChI is InChI=1S/C9H18N2O.ClH/c1-8(2)6-11(7(12)5-10)9(8,3)4;/h5-6,10H2,1-4H3;1H. The molecule has 0 aromatic rings. The van der Waals surface area contributed by atoms with Crippen molar-refractivity contribution in [1.29, 1.82) is 0 Å². The Labute approximate surface area is 86.1 Å². The second-order valence-electron chi connectivity index (χ2n) is 4.63. The van der Waals surface area contributed by atoms with Gasteiger partial charge in [-0.1, -0.05) is 13.8 Å². The van der Waals surface area contributed by atoms with Crippen molar-refractivity contribution in [1.82, 2.24) is 4.90 Å². The minimum absolute atomic E-state index is 0. The third-order valence-corrected chi connectivity index (χ3v) is 3.36. The Morgan fingerprint density at radius 1 is 1.38 bits per heavy atom. The lowest BCUT2D eigenvalue weighted by atomic mass is 9.65. The number of hydrogen-bond donors (Lipinski definition) is 1. The Balaban J connectivity index is 0.00000144. The summed E-state index contributed by atoms with van der Waals surface area (Å²) in [6, 6.07) is 0. The Hall–Kier alpha value is -0.280. The minimum atomic E-state index is -0.0382. The third-order valence-electron chi connectivity index (χ3n) is 3.36. The van der Waals surface area contributed by atoms with Gasteiger partial charge in [-0.05, 0) is 13.8 Å². The number of rotatable bonds is 1. The second-order valence-corrected chi connectivity index (χ2v) is 4.63. The average molecular weight is 207 g/mol. The molecule has 1 heterocycles. The van der Waals surface area contributed by atoms with E-state index in [2.05, 4.69) is 27.7 Å². The van der Waals surface area contributed by atoms with E-state index in [1.54, 1.807) is 0 Å². The molecule has 3 nitrogen and oxygen atoms in total. The quantitative estimate of drug-likeness (QED) is 0.696. The van der Waals surface area contributed by atoms with Gasteiger partial charge in [0.25, 0.3) is 0 Å².